The first-order valence-corrected chi connectivity index (χ1v) is 7.71. The molecule has 0 heterocycles. The molecule has 1 saturated carbocycles. The molecule has 5 nitrogen and oxygen atoms in total. The van der Waals surface area contributed by atoms with Gasteiger partial charge in [-0.05, 0) is 36.2 Å². The van der Waals surface area contributed by atoms with Gasteiger partial charge in [-0.3, -0.25) is 9.59 Å². The summed E-state index contributed by atoms with van der Waals surface area (Å²) in [7, 11) is 3.25. The number of rotatable bonds is 5. The van der Waals surface area contributed by atoms with Gasteiger partial charge in [-0.25, -0.2) is 0 Å². The quantitative estimate of drug-likeness (QED) is 0.918. The van der Waals surface area contributed by atoms with Crippen molar-refractivity contribution in [3.05, 3.63) is 60.2 Å². The van der Waals surface area contributed by atoms with Crippen LogP contribution in [0.1, 0.15) is 12.0 Å². The van der Waals surface area contributed by atoms with E-state index in [-0.39, 0.29) is 5.91 Å². The van der Waals surface area contributed by atoms with Gasteiger partial charge >= 0.3 is 5.97 Å². The summed E-state index contributed by atoms with van der Waals surface area (Å²) >= 11 is 0. The van der Waals surface area contributed by atoms with Gasteiger partial charge < -0.3 is 14.7 Å². The van der Waals surface area contributed by atoms with E-state index in [1.54, 1.807) is 62.7 Å². The first-order valence-electron chi connectivity index (χ1n) is 7.71. The second-order valence-electron chi connectivity index (χ2n) is 5.99. The first kappa shape index (κ1) is 16.1. The number of nitrogens with zero attached hydrogens (tertiary/aromatic N) is 1. The van der Waals surface area contributed by atoms with Crippen LogP contribution in [0, 0.1) is 5.92 Å². The molecular weight excluding hydrogens is 306 g/mol. The second-order valence-corrected chi connectivity index (χ2v) is 5.99. The topological polar surface area (TPSA) is 66.8 Å². The van der Waals surface area contributed by atoms with E-state index in [2.05, 4.69) is 0 Å². The molecule has 1 N–H and O–H groups in total. The van der Waals surface area contributed by atoms with Crippen molar-refractivity contribution in [1.29, 1.82) is 0 Å². The molecule has 1 aliphatic carbocycles. The molecule has 2 aromatic carbocycles. The highest BCUT2D eigenvalue weighted by molar-refractivity contribution is 6.04. The van der Waals surface area contributed by atoms with Crippen molar-refractivity contribution in [1.82, 2.24) is 0 Å². The molecule has 1 aliphatic rings. The lowest BCUT2D eigenvalue weighted by molar-refractivity contribution is -0.141. The van der Waals surface area contributed by atoms with Crippen molar-refractivity contribution >= 4 is 17.6 Å². The normalized spacial score (nSPS) is 21.8. The third-order valence-electron chi connectivity index (χ3n) is 4.72. The van der Waals surface area contributed by atoms with E-state index in [9.17, 15) is 14.7 Å². The van der Waals surface area contributed by atoms with Crippen LogP contribution in [0.5, 0.6) is 5.75 Å². The maximum absolute atomic E-state index is 12.8. The molecule has 0 aliphatic heterocycles. The number of carbonyl (C=O) groups excluding carboxylic acids is 1. The smallest absolute Gasteiger partial charge is 0.314 e. The van der Waals surface area contributed by atoms with Gasteiger partial charge in [0.05, 0.1) is 13.0 Å². The average molecular weight is 325 g/mol. The summed E-state index contributed by atoms with van der Waals surface area (Å²) in [4.78, 5) is 26.2. The maximum atomic E-state index is 12.8. The zero-order valence-corrected chi connectivity index (χ0v) is 13.6. The Kier molecular flexibility index (Phi) is 4.01. The Bertz CT molecular complexity index is 757. The molecule has 0 spiro atoms. The Balaban J connectivity index is 1.84. The molecule has 0 saturated heterocycles. The third kappa shape index (κ3) is 2.52. The number of benzene rings is 2. The molecule has 0 aromatic heterocycles. The molecule has 2 atom stereocenters. The fourth-order valence-corrected chi connectivity index (χ4v) is 3.14. The Morgan fingerprint density at radius 2 is 1.75 bits per heavy atom. The largest absolute Gasteiger partial charge is 0.497 e. The molecular formula is C19H19NO4. The van der Waals surface area contributed by atoms with Crippen molar-refractivity contribution < 1.29 is 19.4 Å². The van der Waals surface area contributed by atoms with Gasteiger partial charge in [0.25, 0.3) is 0 Å². The van der Waals surface area contributed by atoms with Gasteiger partial charge in [0, 0.05) is 12.7 Å². The Labute approximate surface area is 140 Å². The zero-order chi connectivity index (χ0) is 17.3. The summed E-state index contributed by atoms with van der Waals surface area (Å²) in [5, 5.41) is 9.71. The van der Waals surface area contributed by atoms with Crippen molar-refractivity contribution in [2.75, 3.05) is 19.1 Å². The number of hydrogen-bond donors (Lipinski definition) is 1. The van der Waals surface area contributed by atoms with E-state index in [1.165, 1.54) is 4.90 Å². The molecule has 124 valence electrons. The van der Waals surface area contributed by atoms with Gasteiger partial charge in [0.1, 0.15) is 11.2 Å². The first-order chi connectivity index (χ1) is 11.5. The van der Waals surface area contributed by atoms with Gasteiger partial charge in [-0.2, -0.15) is 0 Å². The van der Waals surface area contributed by atoms with Crippen molar-refractivity contribution in [3.8, 4) is 5.75 Å². The Morgan fingerprint density at radius 1 is 1.12 bits per heavy atom. The highest BCUT2D eigenvalue weighted by Gasteiger charge is 2.65. The van der Waals surface area contributed by atoms with Crippen molar-refractivity contribution in [3.63, 3.8) is 0 Å². The number of amides is 1. The lowest BCUT2D eigenvalue weighted by atomic mass is 9.93. The predicted molar refractivity (Wildman–Crippen MR) is 90.3 cm³/mol. The van der Waals surface area contributed by atoms with Crippen LogP contribution in [0.3, 0.4) is 0 Å². The highest BCUT2D eigenvalue weighted by atomic mass is 16.5. The minimum Gasteiger partial charge on any atom is -0.497 e. The van der Waals surface area contributed by atoms with E-state index >= 15 is 0 Å². The predicted octanol–water partition coefficient (Wildman–Crippen LogP) is 2.70. The molecule has 2 aromatic rings. The molecule has 0 radical (unpaired) electrons. The summed E-state index contributed by atoms with van der Waals surface area (Å²) in [5.74, 6) is -0.985. The number of carboxylic acid groups (broad SMARTS) is 1. The van der Waals surface area contributed by atoms with Crippen LogP contribution in [-0.2, 0) is 15.0 Å². The number of anilines is 1. The van der Waals surface area contributed by atoms with Gasteiger partial charge in [-0.15, -0.1) is 0 Å². The summed E-state index contributed by atoms with van der Waals surface area (Å²) in [6.07, 6.45) is 0.325. The zero-order valence-electron chi connectivity index (χ0n) is 13.6. The average Bonchev–Trinajstić information content (AvgIpc) is 3.38. The molecule has 1 amide bonds. The number of methoxy groups -OCH3 is 1. The second kappa shape index (κ2) is 6.00. The molecule has 1 fully saturated rings. The standard InChI is InChI=1S/C19H19NO4/c1-20(14-8-10-15(24-2)11-9-14)17(21)16-12-19(16,18(22)23)13-6-4-3-5-7-13/h3-11,16H,12H2,1-2H3,(H,22,23)/t16-,19+/m0/s1. The number of aliphatic carboxylic acids is 1. The number of carboxylic acids is 1. The van der Waals surface area contributed by atoms with E-state index < -0.39 is 17.3 Å². The summed E-state index contributed by atoms with van der Waals surface area (Å²) in [6, 6.07) is 16.1. The fraction of sp³-hybridized carbons (Fsp3) is 0.263. The van der Waals surface area contributed by atoms with Crippen LogP contribution in [-0.4, -0.2) is 31.1 Å². The minimum atomic E-state index is -1.11. The summed E-state index contributed by atoms with van der Waals surface area (Å²) in [6.45, 7) is 0. The van der Waals surface area contributed by atoms with Crippen LogP contribution in [0.4, 0.5) is 5.69 Å². The van der Waals surface area contributed by atoms with Crippen LogP contribution >= 0.6 is 0 Å². The van der Waals surface area contributed by atoms with Crippen LogP contribution < -0.4 is 9.64 Å². The van der Waals surface area contributed by atoms with E-state index in [0.29, 0.717) is 23.4 Å². The monoisotopic (exact) mass is 325 g/mol. The van der Waals surface area contributed by atoms with Gasteiger partial charge in [0.2, 0.25) is 5.91 Å². The Morgan fingerprint density at radius 3 is 2.29 bits per heavy atom. The van der Waals surface area contributed by atoms with Crippen molar-refractivity contribution in [2.24, 2.45) is 5.92 Å². The minimum absolute atomic E-state index is 0.189. The number of ether oxygens (including phenoxy) is 1. The molecule has 3 rings (SSSR count). The summed E-state index contributed by atoms with van der Waals surface area (Å²) < 4.78 is 5.11. The van der Waals surface area contributed by atoms with Crippen LogP contribution in [0.15, 0.2) is 54.6 Å². The third-order valence-corrected chi connectivity index (χ3v) is 4.72. The van der Waals surface area contributed by atoms with Crippen LogP contribution in [0.2, 0.25) is 0 Å². The number of carbonyl (C=O) groups is 2. The lowest BCUT2D eigenvalue weighted by Gasteiger charge is -2.20. The van der Waals surface area contributed by atoms with Crippen molar-refractivity contribution in [2.45, 2.75) is 11.8 Å². The van der Waals surface area contributed by atoms with E-state index in [0.717, 1.165) is 0 Å². The molecule has 24 heavy (non-hydrogen) atoms. The molecule has 5 heteroatoms. The lowest BCUT2D eigenvalue weighted by Crippen LogP contribution is -2.33. The maximum Gasteiger partial charge on any atom is 0.314 e. The van der Waals surface area contributed by atoms with Gasteiger partial charge in [-0.1, -0.05) is 30.3 Å². The van der Waals surface area contributed by atoms with E-state index in [4.69, 9.17) is 4.74 Å². The fourth-order valence-electron chi connectivity index (χ4n) is 3.14. The van der Waals surface area contributed by atoms with Crippen LogP contribution in [0.25, 0.3) is 0 Å². The van der Waals surface area contributed by atoms with Gasteiger partial charge in [0.15, 0.2) is 0 Å². The number of hydrogen-bond acceptors (Lipinski definition) is 3. The summed E-state index contributed by atoms with van der Waals surface area (Å²) in [5.41, 5.74) is 0.276. The molecule has 0 bridgehead atoms. The highest BCUT2D eigenvalue weighted by Crippen LogP contribution is 2.55. The Hall–Kier alpha value is -2.82. The molecule has 0 unspecified atom stereocenters. The van der Waals surface area contributed by atoms with E-state index in [1.807, 2.05) is 6.07 Å². The SMILES string of the molecule is COc1ccc(N(C)C(=O)[C@@H]2C[C@@]2(C(=O)O)c2ccccc2)cc1.